The molecule has 2 aromatic rings. The third-order valence-corrected chi connectivity index (χ3v) is 2.80. The molecule has 0 fully saturated rings. The predicted octanol–water partition coefficient (Wildman–Crippen LogP) is 1.51. The second-order valence-electron chi connectivity index (χ2n) is 4.02. The van der Waals surface area contributed by atoms with Gasteiger partial charge in [-0.25, -0.2) is 4.68 Å². The minimum absolute atomic E-state index is 0.0958. The Morgan fingerprint density at radius 1 is 1.22 bits per heavy atom. The second kappa shape index (κ2) is 5.20. The minimum atomic E-state index is -0.129. The Hall–Kier alpha value is -1.85. The molecule has 0 bridgehead atoms. The van der Waals surface area contributed by atoms with Crippen LogP contribution in [0, 0.1) is 6.92 Å². The summed E-state index contributed by atoms with van der Waals surface area (Å²) < 4.78 is 7.33. The van der Waals surface area contributed by atoms with Gasteiger partial charge in [0.2, 0.25) is 5.88 Å². The molecule has 5 nitrogen and oxygen atoms in total. The maximum absolute atomic E-state index is 9.33. The summed E-state index contributed by atoms with van der Waals surface area (Å²) in [5.41, 5.74) is 2.09. The number of aliphatic hydroxyl groups excluding tert-OH is 2. The summed E-state index contributed by atoms with van der Waals surface area (Å²) >= 11 is 0. The summed E-state index contributed by atoms with van der Waals surface area (Å²) in [6.45, 7) is 1.59. The van der Waals surface area contributed by atoms with Gasteiger partial charge in [0, 0.05) is 12.6 Å². The molecule has 5 heteroatoms. The first-order chi connectivity index (χ1) is 8.67. The van der Waals surface area contributed by atoms with Crippen LogP contribution in [0.3, 0.4) is 0 Å². The second-order valence-corrected chi connectivity index (χ2v) is 4.02. The highest BCUT2D eigenvalue weighted by molar-refractivity contribution is 5.39. The Balaban J connectivity index is 2.39. The van der Waals surface area contributed by atoms with E-state index in [-0.39, 0.29) is 13.2 Å². The number of aromatic nitrogens is 2. The molecule has 96 valence electrons. The van der Waals surface area contributed by atoms with Gasteiger partial charge in [-0.15, -0.1) is 0 Å². The van der Waals surface area contributed by atoms with Gasteiger partial charge in [0.25, 0.3) is 0 Å². The number of hydrogen-bond donors (Lipinski definition) is 2. The fourth-order valence-corrected chi connectivity index (χ4v) is 1.83. The van der Waals surface area contributed by atoms with Crippen LogP contribution in [0.25, 0.3) is 0 Å². The van der Waals surface area contributed by atoms with Crippen LogP contribution in [0.2, 0.25) is 0 Å². The van der Waals surface area contributed by atoms with E-state index in [4.69, 9.17) is 4.74 Å². The first-order valence-corrected chi connectivity index (χ1v) is 5.67. The zero-order chi connectivity index (χ0) is 13.1. The van der Waals surface area contributed by atoms with Crippen LogP contribution in [0.4, 0.5) is 0 Å². The van der Waals surface area contributed by atoms with Crippen LogP contribution in [-0.4, -0.2) is 20.0 Å². The van der Waals surface area contributed by atoms with Crippen LogP contribution in [0.15, 0.2) is 24.3 Å². The molecular weight excluding hydrogens is 232 g/mol. The Bertz CT molecular complexity index is 549. The molecule has 1 aromatic heterocycles. The lowest BCUT2D eigenvalue weighted by molar-refractivity contribution is 0.268. The first kappa shape index (κ1) is 12.6. The topological polar surface area (TPSA) is 67.5 Å². The van der Waals surface area contributed by atoms with Crippen molar-refractivity contribution in [2.45, 2.75) is 20.1 Å². The monoisotopic (exact) mass is 248 g/mol. The molecule has 2 rings (SSSR count). The average Bonchev–Trinajstić information content (AvgIpc) is 2.64. The molecule has 0 aliphatic heterocycles. The molecule has 0 atom stereocenters. The molecule has 1 heterocycles. The Morgan fingerprint density at radius 3 is 2.61 bits per heavy atom. The first-order valence-electron chi connectivity index (χ1n) is 5.67. The standard InChI is InChI=1S/C13H16N2O3/c1-9-11(8-17)13(15(2)14-9)18-12-6-4-3-5-10(12)7-16/h3-6,16-17H,7-8H2,1-2H3. The van der Waals surface area contributed by atoms with Crippen molar-refractivity contribution in [3.8, 4) is 11.6 Å². The Labute approximate surface area is 105 Å². The van der Waals surface area contributed by atoms with Gasteiger partial charge in [-0.3, -0.25) is 0 Å². The predicted molar refractivity (Wildman–Crippen MR) is 66.3 cm³/mol. The quantitative estimate of drug-likeness (QED) is 0.860. The van der Waals surface area contributed by atoms with Crippen molar-refractivity contribution in [1.29, 1.82) is 0 Å². The molecule has 2 N–H and O–H groups in total. The molecule has 0 spiro atoms. The SMILES string of the molecule is Cc1nn(C)c(Oc2ccccc2CO)c1CO. The Kier molecular flexibility index (Phi) is 3.64. The van der Waals surface area contributed by atoms with Crippen LogP contribution < -0.4 is 4.74 Å². The molecular formula is C13H16N2O3. The molecule has 0 unspecified atom stereocenters. The van der Waals surface area contributed by atoms with Gasteiger partial charge >= 0.3 is 0 Å². The highest BCUT2D eigenvalue weighted by atomic mass is 16.5. The Morgan fingerprint density at radius 2 is 1.94 bits per heavy atom. The number of ether oxygens (including phenoxy) is 1. The van der Waals surface area contributed by atoms with Gasteiger partial charge < -0.3 is 14.9 Å². The van der Waals surface area contributed by atoms with Crippen molar-refractivity contribution < 1.29 is 14.9 Å². The zero-order valence-corrected chi connectivity index (χ0v) is 10.4. The highest BCUT2D eigenvalue weighted by Gasteiger charge is 2.15. The third-order valence-electron chi connectivity index (χ3n) is 2.80. The molecule has 0 radical (unpaired) electrons. The maximum Gasteiger partial charge on any atom is 0.223 e. The zero-order valence-electron chi connectivity index (χ0n) is 10.4. The highest BCUT2D eigenvalue weighted by Crippen LogP contribution is 2.29. The molecule has 1 aromatic carbocycles. The summed E-state index contributed by atoms with van der Waals surface area (Å²) in [6, 6.07) is 7.22. The summed E-state index contributed by atoms with van der Waals surface area (Å²) in [4.78, 5) is 0. The summed E-state index contributed by atoms with van der Waals surface area (Å²) in [5, 5.41) is 22.8. The van der Waals surface area contributed by atoms with E-state index in [1.165, 1.54) is 0 Å². The van der Waals surface area contributed by atoms with E-state index in [0.717, 1.165) is 5.69 Å². The molecule has 0 saturated heterocycles. The molecule has 0 aliphatic rings. The summed E-state index contributed by atoms with van der Waals surface area (Å²) in [7, 11) is 1.75. The van der Waals surface area contributed by atoms with E-state index in [2.05, 4.69) is 5.10 Å². The lowest BCUT2D eigenvalue weighted by Gasteiger charge is -2.10. The van der Waals surface area contributed by atoms with Crippen molar-refractivity contribution in [2.24, 2.45) is 7.05 Å². The molecule has 0 aliphatic carbocycles. The van der Waals surface area contributed by atoms with Crippen molar-refractivity contribution in [2.75, 3.05) is 0 Å². The largest absolute Gasteiger partial charge is 0.439 e. The van der Waals surface area contributed by atoms with Crippen LogP contribution in [0.5, 0.6) is 11.6 Å². The normalized spacial score (nSPS) is 10.7. The number of aliphatic hydroxyl groups is 2. The molecule has 0 saturated carbocycles. The van der Waals surface area contributed by atoms with Crippen molar-refractivity contribution >= 4 is 0 Å². The molecule has 0 amide bonds. The lowest BCUT2D eigenvalue weighted by Crippen LogP contribution is -1.99. The number of hydrogen-bond acceptors (Lipinski definition) is 4. The van der Waals surface area contributed by atoms with Crippen molar-refractivity contribution in [1.82, 2.24) is 9.78 Å². The van der Waals surface area contributed by atoms with Gasteiger partial charge in [-0.1, -0.05) is 18.2 Å². The van der Waals surface area contributed by atoms with Gasteiger partial charge in [-0.2, -0.15) is 5.10 Å². The van der Waals surface area contributed by atoms with E-state index in [1.54, 1.807) is 23.9 Å². The van der Waals surface area contributed by atoms with Crippen LogP contribution in [0.1, 0.15) is 16.8 Å². The number of para-hydroxylation sites is 1. The molecule has 18 heavy (non-hydrogen) atoms. The van der Waals surface area contributed by atoms with Crippen molar-refractivity contribution in [3.63, 3.8) is 0 Å². The van der Waals surface area contributed by atoms with Gasteiger partial charge in [0.1, 0.15) is 5.75 Å². The third kappa shape index (κ3) is 2.23. The lowest BCUT2D eigenvalue weighted by atomic mass is 10.2. The fourth-order valence-electron chi connectivity index (χ4n) is 1.83. The van der Waals surface area contributed by atoms with Gasteiger partial charge in [-0.05, 0) is 13.0 Å². The maximum atomic E-state index is 9.33. The summed E-state index contributed by atoms with van der Waals surface area (Å²) in [6.07, 6.45) is 0. The minimum Gasteiger partial charge on any atom is -0.439 e. The average molecular weight is 248 g/mol. The number of nitrogens with zero attached hydrogens (tertiary/aromatic N) is 2. The van der Waals surface area contributed by atoms with Crippen LogP contribution in [-0.2, 0) is 20.3 Å². The van der Waals surface area contributed by atoms with E-state index in [9.17, 15) is 10.2 Å². The van der Waals surface area contributed by atoms with E-state index in [0.29, 0.717) is 22.8 Å². The van der Waals surface area contributed by atoms with Gasteiger partial charge in [0.15, 0.2) is 0 Å². The van der Waals surface area contributed by atoms with Crippen LogP contribution >= 0.6 is 0 Å². The van der Waals surface area contributed by atoms with E-state index >= 15 is 0 Å². The smallest absolute Gasteiger partial charge is 0.223 e. The van der Waals surface area contributed by atoms with E-state index in [1.807, 2.05) is 19.1 Å². The summed E-state index contributed by atoms with van der Waals surface area (Å²) in [5.74, 6) is 1.06. The van der Waals surface area contributed by atoms with E-state index < -0.39 is 0 Å². The number of benzene rings is 1. The number of aryl methyl sites for hydroxylation is 2. The van der Waals surface area contributed by atoms with Gasteiger partial charge in [0.05, 0.1) is 24.5 Å². The van der Waals surface area contributed by atoms with Crippen molar-refractivity contribution in [3.05, 3.63) is 41.1 Å². The number of rotatable bonds is 4. The fraction of sp³-hybridized carbons (Fsp3) is 0.308.